The maximum absolute atomic E-state index is 10.8. The van der Waals surface area contributed by atoms with Crippen LogP contribution in [0.15, 0.2) is 0 Å². The summed E-state index contributed by atoms with van der Waals surface area (Å²) in [5, 5.41) is 8.88. The lowest BCUT2D eigenvalue weighted by Crippen LogP contribution is -2.49. The van der Waals surface area contributed by atoms with Crippen molar-refractivity contribution < 1.29 is 9.90 Å². The van der Waals surface area contributed by atoms with E-state index in [1.54, 1.807) is 0 Å². The molecule has 0 unspecified atom stereocenters. The van der Waals surface area contributed by atoms with Crippen molar-refractivity contribution in [1.29, 1.82) is 0 Å². The highest BCUT2D eigenvalue weighted by Crippen LogP contribution is 2.28. The molecule has 0 amide bonds. The number of carboxylic acids is 1. The van der Waals surface area contributed by atoms with Crippen LogP contribution in [0.3, 0.4) is 0 Å². The first kappa shape index (κ1) is 8.87. The molecular weight excluding hydrogens is 162 g/mol. The second-order valence-corrected chi connectivity index (χ2v) is 3.28. The highest BCUT2D eigenvalue weighted by atomic mass is 32.1. The monoisotopic (exact) mass is 175 g/mol. The van der Waals surface area contributed by atoms with E-state index >= 15 is 0 Å². The molecule has 1 aliphatic carbocycles. The average molecular weight is 175 g/mol. The Balaban J connectivity index is 2.64. The van der Waals surface area contributed by atoms with Crippen LogP contribution in [0, 0.1) is 0 Å². The average Bonchev–Trinajstić information content (AvgIpc) is 2.05. The molecule has 1 rings (SSSR count). The summed E-state index contributed by atoms with van der Waals surface area (Å²) >= 11 is 3.86. The van der Waals surface area contributed by atoms with Gasteiger partial charge >= 0.3 is 5.97 Å². The minimum absolute atomic E-state index is 0.700. The van der Waals surface area contributed by atoms with Crippen molar-refractivity contribution in [3.63, 3.8) is 0 Å². The Labute approximate surface area is 71.7 Å². The second-order valence-electron chi connectivity index (χ2n) is 3.06. The lowest BCUT2D eigenvalue weighted by atomic mass is 9.83. The van der Waals surface area contributed by atoms with E-state index in [1.807, 2.05) is 0 Å². The number of carboxylic acid groups (broad SMARTS) is 1. The van der Waals surface area contributed by atoms with Gasteiger partial charge in [0.2, 0.25) is 0 Å². The predicted molar refractivity (Wildman–Crippen MR) is 45.6 cm³/mol. The molecule has 1 aliphatic rings. The molecule has 0 aliphatic heterocycles. The molecule has 4 heteroatoms. The molecule has 1 saturated carbocycles. The molecule has 0 aromatic carbocycles. The molecule has 0 saturated heterocycles. The highest BCUT2D eigenvalue weighted by molar-refractivity contribution is 7.78. The van der Waals surface area contributed by atoms with E-state index in [9.17, 15) is 4.79 Å². The summed E-state index contributed by atoms with van der Waals surface area (Å²) in [5.41, 5.74) is -0.749. The summed E-state index contributed by atoms with van der Waals surface area (Å²) in [4.78, 5) is 10.8. The zero-order valence-electron chi connectivity index (χ0n) is 6.34. The van der Waals surface area contributed by atoms with Gasteiger partial charge in [-0.25, -0.2) is 4.72 Å². The molecule has 0 bridgehead atoms. The van der Waals surface area contributed by atoms with Crippen molar-refractivity contribution in [1.82, 2.24) is 4.72 Å². The lowest BCUT2D eigenvalue weighted by molar-refractivity contribution is -0.145. The summed E-state index contributed by atoms with van der Waals surface area (Å²) in [6.45, 7) is 0. The Morgan fingerprint density at radius 3 is 2.18 bits per heavy atom. The van der Waals surface area contributed by atoms with Gasteiger partial charge in [0.25, 0.3) is 0 Å². The molecule has 3 nitrogen and oxygen atoms in total. The molecule has 0 aromatic rings. The Kier molecular flexibility index (Phi) is 2.78. The quantitative estimate of drug-likeness (QED) is 0.553. The molecule has 0 spiro atoms. The Morgan fingerprint density at radius 2 is 1.91 bits per heavy atom. The van der Waals surface area contributed by atoms with Crippen LogP contribution in [0.2, 0.25) is 0 Å². The van der Waals surface area contributed by atoms with Gasteiger partial charge in [-0.1, -0.05) is 32.1 Å². The number of nitrogens with one attached hydrogen (secondary N) is 1. The van der Waals surface area contributed by atoms with Gasteiger partial charge in [0.1, 0.15) is 5.54 Å². The van der Waals surface area contributed by atoms with E-state index in [2.05, 4.69) is 17.5 Å². The molecule has 64 valence electrons. The third kappa shape index (κ3) is 1.68. The van der Waals surface area contributed by atoms with E-state index in [1.165, 1.54) is 0 Å². The predicted octanol–water partition coefficient (Wildman–Crippen LogP) is 1.21. The van der Waals surface area contributed by atoms with Crippen molar-refractivity contribution in [3.05, 3.63) is 0 Å². The van der Waals surface area contributed by atoms with Gasteiger partial charge in [0.15, 0.2) is 0 Å². The third-order valence-corrected chi connectivity index (χ3v) is 2.76. The SMILES string of the molecule is O=C(O)C1(NS)CCCCC1. The fraction of sp³-hybridized carbons (Fsp3) is 0.857. The van der Waals surface area contributed by atoms with Gasteiger partial charge < -0.3 is 5.11 Å². The fourth-order valence-corrected chi connectivity index (χ4v) is 1.85. The van der Waals surface area contributed by atoms with Crippen LogP contribution in [0.25, 0.3) is 0 Å². The van der Waals surface area contributed by atoms with Crippen molar-refractivity contribution in [2.45, 2.75) is 37.6 Å². The summed E-state index contributed by atoms with van der Waals surface area (Å²) in [5.74, 6) is -0.771. The summed E-state index contributed by atoms with van der Waals surface area (Å²) < 4.78 is 2.61. The van der Waals surface area contributed by atoms with Crippen molar-refractivity contribution in [3.8, 4) is 0 Å². The van der Waals surface area contributed by atoms with Gasteiger partial charge in [0, 0.05) is 0 Å². The van der Waals surface area contributed by atoms with Gasteiger partial charge in [-0.15, -0.1) is 0 Å². The first-order valence-electron chi connectivity index (χ1n) is 3.86. The van der Waals surface area contributed by atoms with Gasteiger partial charge in [-0.3, -0.25) is 4.79 Å². The molecular formula is C7H13NO2S. The van der Waals surface area contributed by atoms with Crippen LogP contribution in [0.1, 0.15) is 32.1 Å². The van der Waals surface area contributed by atoms with Crippen LogP contribution < -0.4 is 4.72 Å². The van der Waals surface area contributed by atoms with Crippen LogP contribution >= 0.6 is 12.8 Å². The number of carbonyl (C=O) groups is 1. The first-order chi connectivity index (χ1) is 5.21. The maximum atomic E-state index is 10.8. The summed E-state index contributed by atoms with van der Waals surface area (Å²) in [6, 6.07) is 0. The van der Waals surface area contributed by atoms with E-state index in [4.69, 9.17) is 5.11 Å². The molecule has 2 N–H and O–H groups in total. The number of rotatable bonds is 2. The maximum Gasteiger partial charge on any atom is 0.324 e. The minimum Gasteiger partial charge on any atom is -0.480 e. The van der Waals surface area contributed by atoms with E-state index in [0.717, 1.165) is 19.3 Å². The molecule has 11 heavy (non-hydrogen) atoms. The number of hydrogen-bond acceptors (Lipinski definition) is 3. The van der Waals surface area contributed by atoms with Crippen molar-refractivity contribution in [2.24, 2.45) is 0 Å². The van der Waals surface area contributed by atoms with Crippen LogP contribution in [0.5, 0.6) is 0 Å². The number of hydrogen-bond donors (Lipinski definition) is 3. The number of thiol groups is 1. The first-order valence-corrected chi connectivity index (χ1v) is 4.31. The smallest absolute Gasteiger partial charge is 0.324 e. The summed E-state index contributed by atoms with van der Waals surface area (Å²) in [6.07, 6.45) is 4.52. The normalized spacial score (nSPS) is 23.0. The Hall–Kier alpha value is -0.220. The molecule has 1 fully saturated rings. The zero-order valence-corrected chi connectivity index (χ0v) is 7.23. The summed E-state index contributed by atoms with van der Waals surface area (Å²) in [7, 11) is 0. The highest BCUT2D eigenvalue weighted by Gasteiger charge is 2.38. The zero-order chi connectivity index (χ0) is 8.32. The Bertz CT molecular complexity index is 155. The molecule has 0 radical (unpaired) electrons. The minimum atomic E-state index is -0.771. The van der Waals surface area contributed by atoms with Crippen LogP contribution in [0.4, 0.5) is 0 Å². The van der Waals surface area contributed by atoms with Crippen molar-refractivity contribution >= 4 is 18.8 Å². The Morgan fingerprint density at radius 1 is 1.36 bits per heavy atom. The molecule has 0 aromatic heterocycles. The van der Waals surface area contributed by atoms with Crippen LogP contribution in [-0.2, 0) is 4.79 Å². The topological polar surface area (TPSA) is 49.3 Å². The van der Waals surface area contributed by atoms with Crippen LogP contribution in [-0.4, -0.2) is 16.6 Å². The van der Waals surface area contributed by atoms with Gasteiger partial charge in [0.05, 0.1) is 0 Å². The van der Waals surface area contributed by atoms with Gasteiger partial charge in [-0.05, 0) is 12.8 Å². The van der Waals surface area contributed by atoms with E-state index in [0.29, 0.717) is 12.8 Å². The third-order valence-electron chi connectivity index (χ3n) is 2.33. The molecule has 0 heterocycles. The second kappa shape index (κ2) is 3.45. The molecule has 0 atom stereocenters. The largest absolute Gasteiger partial charge is 0.480 e. The van der Waals surface area contributed by atoms with E-state index in [-0.39, 0.29) is 0 Å². The van der Waals surface area contributed by atoms with E-state index < -0.39 is 11.5 Å². The lowest BCUT2D eigenvalue weighted by Gasteiger charge is -2.31. The van der Waals surface area contributed by atoms with Gasteiger partial charge in [-0.2, -0.15) is 0 Å². The fourth-order valence-electron chi connectivity index (χ4n) is 1.53. The standard InChI is InChI=1S/C7H13NO2S/c9-6(10)7(8-11)4-2-1-3-5-7/h8,11H,1-5H2,(H,9,10). The van der Waals surface area contributed by atoms with Crippen molar-refractivity contribution in [2.75, 3.05) is 0 Å². The number of aliphatic carboxylic acids is 1.